The maximum atomic E-state index is 14.7. The van der Waals surface area contributed by atoms with Gasteiger partial charge in [-0.15, -0.1) is 11.6 Å². The molecule has 28 heavy (non-hydrogen) atoms. The number of rotatable bonds is 3. The van der Waals surface area contributed by atoms with Gasteiger partial charge in [-0.3, -0.25) is 4.90 Å². The van der Waals surface area contributed by atoms with Gasteiger partial charge in [-0.25, -0.2) is 13.6 Å². The van der Waals surface area contributed by atoms with Crippen molar-refractivity contribution in [3.05, 3.63) is 69.9 Å². The Morgan fingerprint density at radius 1 is 1.29 bits per heavy atom. The number of benzene rings is 2. The Morgan fingerprint density at radius 2 is 2.11 bits per heavy atom. The molecule has 8 heteroatoms. The van der Waals surface area contributed by atoms with E-state index in [-0.39, 0.29) is 24.6 Å². The largest absolute Gasteiger partial charge is 0.448 e. The predicted molar refractivity (Wildman–Crippen MR) is 104 cm³/mol. The van der Waals surface area contributed by atoms with Crippen molar-refractivity contribution < 1.29 is 18.3 Å². The van der Waals surface area contributed by atoms with Crippen LogP contribution in [0.15, 0.2) is 36.4 Å². The molecule has 0 spiro atoms. The molecule has 1 unspecified atom stereocenters. The number of nitrogens with zero attached hydrogens (tertiary/aromatic N) is 1. The normalized spacial score (nSPS) is 16.3. The smallest absolute Gasteiger partial charge is 0.410 e. The first-order valence-electron chi connectivity index (χ1n) is 8.74. The average Bonchev–Trinajstić information content (AvgIpc) is 3.05. The van der Waals surface area contributed by atoms with Gasteiger partial charge in [-0.05, 0) is 36.2 Å². The number of carbonyl (C=O) groups is 1. The van der Waals surface area contributed by atoms with Gasteiger partial charge in [0.05, 0.1) is 5.88 Å². The van der Waals surface area contributed by atoms with Gasteiger partial charge in [-0.2, -0.15) is 0 Å². The zero-order valence-corrected chi connectivity index (χ0v) is 16.2. The van der Waals surface area contributed by atoms with Crippen molar-refractivity contribution in [2.45, 2.75) is 12.5 Å². The molecule has 1 N–H and O–H groups in total. The maximum Gasteiger partial charge on any atom is 0.410 e. The lowest BCUT2D eigenvalue weighted by Crippen LogP contribution is -2.41. The number of hydrogen-bond donors (Lipinski definition) is 1. The summed E-state index contributed by atoms with van der Waals surface area (Å²) in [6.07, 6.45) is -0.101. The second-order valence-electron chi connectivity index (χ2n) is 6.50. The molecule has 0 bridgehead atoms. The quantitative estimate of drug-likeness (QED) is 0.570. The van der Waals surface area contributed by atoms with Gasteiger partial charge in [0.1, 0.15) is 12.6 Å². The fourth-order valence-electron chi connectivity index (χ4n) is 3.72. The molecule has 1 aliphatic heterocycles. The van der Waals surface area contributed by atoms with Crippen LogP contribution in [0.3, 0.4) is 0 Å². The van der Waals surface area contributed by atoms with Gasteiger partial charge < -0.3 is 9.72 Å². The molecular weight excluding hydrogens is 409 g/mol. The van der Waals surface area contributed by atoms with Crippen LogP contribution in [0, 0.1) is 11.6 Å². The molecular formula is C20H16Cl2F2N2O2. The Balaban J connectivity index is 1.89. The molecule has 146 valence electrons. The summed E-state index contributed by atoms with van der Waals surface area (Å²) in [6.45, 7) is 0.318. The van der Waals surface area contributed by atoms with E-state index in [0.29, 0.717) is 17.1 Å². The number of H-pyrrole nitrogens is 1. The molecule has 4 rings (SSSR count). The van der Waals surface area contributed by atoms with Crippen LogP contribution in [0.25, 0.3) is 10.9 Å². The fourth-order valence-corrected chi connectivity index (χ4v) is 3.97. The summed E-state index contributed by atoms with van der Waals surface area (Å²) in [5.41, 5.74) is 2.41. The number of aromatic amines is 1. The summed E-state index contributed by atoms with van der Waals surface area (Å²) < 4.78 is 33.8. The standard InChI is InChI=1S/C20H16Cl2F2N2O2/c21-7-9-28-20(27)26-8-6-12-14-10-11(22)4-5-16(14)25-18(12)19(26)13-2-1-3-15(23)17(13)24/h1-5,10,19,25H,6-9H2. The first-order valence-corrected chi connectivity index (χ1v) is 9.65. The monoisotopic (exact) mass is 424 g/mol. The predicted octanol–water partition coefficient (Wildman–Crippen LogP) is 5.42. The fraction of sp³-hybridized carbons (Fsp3) is 0.250. The number of ether oxygens (including phenoxy) is 1. The lowest BCUT2D eigenvalue weighted by molar-refractivity contribution is 0.0930. The minimum absolute atomic E-state index is 0.0322. The van der Waals surface area contributed by atoms with E-state index in [4.69, 9.17) is 27.9 Å². The van der Waals surface area contributed by atoms with E-state index in [1.54, 1.807) is 6.07 Å². The van der Waals surface area contributed by atoms with Crippen LogP contribution in [0.2, 0.25) is 5.02 Å². The number of alkyl halides is 1. The summed E-state index contributed by atoms with van der Waals surface area (Å²) in [7, 11) is 0. The molecule has 1 aromatic heterocycles. The van der Waals surface area contributed by atoms with Gasteiger partial charge >= 0.3 is 6.09 Å². The minimum atomic E-state index is -0.993. The van der Waals surface area contributed by atoms with Crippen LogP contribution < -0.4 is 0 Å². The number of aromatic nitrogens is 1. The van der Waals surface area contributed by atoms with Crippen LogP contribution in [0.1, 0.15) is 22.9 Å². The molecule has 1 aliphatic rings. The van der Waals surface area contributed by atoms with Gasteiger partial charge in [0.25, 0.3) is 0 Å². The second kappa shape index (κ2) is 7.60. The molecule has 0 saturated carbocycles. The summed E-state index contributed by atoms with van der Waals surface area (Å²) in [5.74, 6) is -1.82. The van der Waals surface area contributed by atoms with E-state index in [1.807, 2.05) is 12.1 Å². The minimum Gasteiger partial charge on any atom is -0.448 e. The summed E-state index contributed by atoms with van der Waals surface area (Å²) in [6, 6.07) is 8.48. The molecule has 2 heterocycles. The van der Waals surface area contributed by atoms with Crippen LogP contribution in [-0.4, -0.2) is 35.0 Å². The molecule has 3 aromatic rings. The van der Waals surface area contributed by atoms with Gasteiger partial charge in [-0.1, -0.05) is 23.7 Å². The van der Waals surface area contributed by atoms with E-state index in [2.05, 4.69) is 4.98 Å². The van der Waals surface area contributed by atoms with Crippen molar-refractivity contribution in [1.82, 2.24) is 9.88 Å². The van der Waals surface area contributed by atoms with E-state index in [1.165, 1.54) is 17.0 Å². The van der Waals surface area contributed by atoms with Crippen molar-refractivity contribution in [2.24, 2.45) is 0 Å². The number of nitrogens with one attached hydrogen (secondary N) is 1. The van der Waals surface area contributed by atoms with Gasteiger partial charge in [0.2, 0.25) is 0 Å². The van der Waals surface area contributed by atoms with Crippen molar-refractivity contribution in [1.29, 1.82) is 0 Å². The number of fused-ring (bicyclic) bond motifs is 3. The molecule has 1 amide bonds. The second-order valence-corrected chi connectivity index (χ2v) is 7.31. The summed E-state index contributed by atoms with van der Waals surface area (Å²) in [4.78, 5) is 17.3. The third-order valence-electron chi connectivity index (χ3n) is 4.90. The Kier molecular flexibility index (Phi) is 5.17. The Morgan fingerprint density at radius 3 is 2.89 bits per heavy atom. The lowest BCUT2D eigenvalue weighted by atomic mass is 9.92. The average molecular weight is 425 g/mol. The third-order valence-corrected chi connectivity index (χ3v) is 5.29. The Labute approximate surface area is 170 Å². The van der Waals surface area contributed by atoms with Crippen LogP contribution >= 0.6 is 23.2 Å². The zero-order chi connectivity index (χ0) is 19.8. The third kappa shape index (κ3) is 3.20. The highest BCUT2D eigenvalue weighted by atomic mass is 35.5. The molecule has 0 saturated heterocycles. The molecule has 0 radical (unpaired) electrons. The summed E-state index contributed by atoms with van der Waals surface area (Å²) >= 11 is 11.7. The van der Waals surface area contributed by atoms with E-state index in [9.17, 15) is 13.6 Å². The number of hydrogen-bond acceptors (Lipinski definition) is 2. The molecule has 0 aliphatic carbocycles. The number of halogens is 4. The first kappa shape index (κ1) is 19.0. The van der Waals surface area contributed by atoms with Crippen LogP contribution in [0.5, 0.6) is 0 Å². The van der Waals surface area contributed by atoms with Gasteiger partial charge in [0.15, 0.2) is 11.6 Å². The molecule has 1 atom stereocenters. The highest BCUT2D eigenvalue weighted by molar-refractivity contribution is 6.31. The van der Waals surface area contributed by atoms with Crippen molar-refractivity contribution >= 4 is 40.2 Å². The van der Waals surface area contributed by atoms with E-state index < -0.39 is 23.8 Å². The first-order chi connectivity index (χ1) is 13.5. The van der Waals surface area contributed by atoms with Crippen LogP contribution in [0.4, 0.5) is 13.6 Å². The molecule has 4 nitrogen and oxygen atoms in total. The SMILES string of the molecule is O=C(OCCCl)N1CCc2c([nH]c3ccc(Cl)cc23)C1c1cccc(F)c1F. The van der Waals surface area contributed by atoms with Crippen LogP contribution in [-0.2, 0) is 11.2 Å². The highest BCUT2D eigenvalue weighted by Gasteiger charge is 2.37. The summed E-state index contributed by atoms with van der Waals surface area (Å²) in [5, 5.41) is 1.48. The number of amides is 1. The van der Waals surface area contributed by atoms with Gasteiger partial charge in [0, 0.05) is 33.7 Å². The Hall–Kier alpha value is -2.31. The highest BCUT2D eigenvalue weighted by Crippen LogP contribution is 2.40. The van der Waals surface area contributed by atoms with Crippen molar-refractivity contribution in [3.63, 3.8) is 0 Å². The molecule has 2 aromatic carbocycles. The Bertz CT molecular complexity index is 1050. The van der Waals surface area contributed by atoms with E-state index in [0.717, 1.165) is 22.5 Å². The maximum absolute atomic E-state index is 14.7. The topological polar surface area (TPSA) is 45.3 Å². The van der Waals surface area contributed by atoms with Crippen molar-refractivity contribution in [3.8, 4) is 0 Å². The number of carbonyl (C=O) groups excluding carboxylic acids is 1. The van der Waals surface area contributed by atoms with E-state index >= 15 is 0 Å². The van der Waals surface area contributed by atoms with Crippen molar-refractivity contribution in [2.75, 3.05) is 19.0 Å². The lowest BCUT2D eigenvalue weighted by Gasteiger charge is -2.35. The molecule has 0 fully saturated rings. The zero-order valence-electron chi connectivity index (χ0n) is 14.6.